The van der Waals surface area contributed by atoms with Crippen molar-refractivity contribution >= 4 is 39.0 Å². The average Bonchev–Trinajstić information content (AvgIpc) is 3.53. The van der Waals surface area contributed by atoms with Crippen LogP contribution in [0.2, 0.25) is 0 Å². The van der Waals surface area contributed by atoms with Gasteiger partial charge in [0.15, 0.2) is 0 Å². The number of hydrogen-bond donors (Lipinski definition) is 2. The maximum absolute atomic E-state index is 12.6. The zero-order valence-electron chi connectivity index (χ0n) is 18.8. The molecule has 1 aliphatic rings. The van der Waals surface area contributed by atoms with Crippen molar-refractivity contribution in [1.82, 2.24) is 9.71 Å². The van der Waals surface area contributed by atoms with E-state index in [-0.39, 0.29) is 16.6 Å². The van der Waals surface area contributed by atoms with Crippen LogP contribution in [-0.4, -0.2) is 32.5 Å². The third kappa shape index (κ3) is 6.22. The lowest BCUT2D eigenvalue weighted by Crippen LogP contribution is -2.25. The molecule has 0 bridgehead atoms. The van der Waals surface area contributed by atoms with E-state index in [2.05, 4.69) is 15.0 Å². The molecule has 0 atom stereocenters. The quantitative estimate of drug-likeness (QED) is 0.406. The highest BCUT2D eigenvalue weighted by Gasteiger charge is 2.28. The maximum atomic E-state index is 12.6. The Kier molecular flexibility index (Phi) is 7.30. The summed E-state index contributed by atoms with van der Waals surface area (Å²) in [7, 11) is -2.21. The number of para-hydroxylation sites is 1. The maximum Gasteiger partial charge on any atom is 0.248 e. The number of carbonyl (C=O) groups excluding carboxylic acids is 1. The Morgan fingerprint density at radius 1 is 1.21 bits per heavy atom. The van der Waals surface area contributed by atoms with Crippen LogP contribution in [0.1, 0.15) is 29.1 Å². The van der Waals surface area contributed by atoms with Crippen LogP contribution in [0.3, 0.4) is 0 Å². The molecule has 2 aromatic carbocycles. The standard InChI is InChI=1S/C24H25N3O5S2/c1-16-25-19(15-33-16)14-32-22-6-4-3-5-17(22)7-12-24(28)26-21-13-20(10-11-23(21)31-2)34(29,30)27-18-8-9-18/h3-7,10-13,15,18,27H,8-9,14H2,1-2H3,(H,26,28)/b12-7+. The summed E-state index contributed by atoms with van der Waals surface area (Å²) in [5.74, 6) is 0.538. The van der Waals surface area contributed by atoms with Gasteiger partial charge in [-0.2, -0.15) is 0 Å². The van der Waals surface area contributed by atoms with Gasteiger partial charge >= 0.3 is 0 Å². The van der Waals surface area contributed by atoms with E-state index in [0.29, 0.717) is 18.1 Å². The highest BCUT2D eigenvalue weighted by Crippen LogP contribution is 2.29. The fourth-order valence-corrected chi connectivity index (χ4v) is 5.08. The molecule has 10 heteroatoms. The second kappa shape index (κ2) is 10.4. The van der Waals surface area contributed by atoms with Crippen LogP contribution in [0.5, 0.6) is 11.5 Å². The number of nitrogens with one attached hydrogen (secondary N) is 2. The summed E-state index contributed by atoms with van der Waals surface area (Å²) in [6.07, 6.45) is 4.66. The molecule has 178 valence electrons. The topological polar surface area (TPSA) is 107 Å². The summed E-state index contributed by atoms with van der Waals surface area (Å²) < 4.78 is 38.9. The normalized spacial score (nSPS) is 13.7. The highest BCUT2D eigenvalue weighted by molar-refractivity contribution is 7.89. The van der Waals surface area contributed by atoms with Crippen molar-refractivity contribution in [3.8, 4) is 11.5 Å². The molecule has 34 heavy (non-hydrogen) atoms. The molecule has 1 amide bonds. The SMILES string of the molecule is COc1ccc(S(=O)(=O)NC2CC2)cc1NC(=O)/C=C/c1ccccc1OCc1csc(C)n1. The fraction of sp³-hybridized carbons (Fsp3) is 0.250. The predicted octanol–water partition coefficient (Wildman–Crippen LogP) is 4.13. The lowest BCUT2D eigenvalue weighted by Gasteiger charge is -2.12. The number of aryl methyl sites for hydroxylation is 1. The van der Waals surface area contributed by atoms with E-state index in [1.54, 1.807) is 17.4 Å². The van der Waals surface area contributed by atoms with Crippen molar-refractivity contribution in [2.75, 3.05) is 12.4 Å². The van der Waals surface area contributed by atoms with Crippen molar-refractivity contribution in [1.29, 1.82) is 0 Å². The van der Waals surface area contributed by atoms with Gasteiger partial charge in [0.1, 0.15) is 18.1 Å². The van der Waals surface area contributed by atoms with Crippen molar-refractivity contribution in [2.45, 2.75) is 37.3 Å². The van der Waals surface area contributed by atoms with Gasteiger partial charge in [-0.1, -0.05) is 18.2 Å². The Bertz CT molecular complexity index is 1310. The molecule has 1 aromatic heterocycles. The van der Waals surface area contributed by atoms with Crippen molar-refractivity contribution in [3.05, 3.63) is 70.2 Å². The van der Waals surface area contributed by atoms with Crippen LogP contribution in [-0.2, 0) is 21.4 Å². The lowest BCUT2D eigenvalue weighted by molar-refractivity contribution is -0.111. The van der Waals surface area contributed by atoms with Crippen molar-refractivity contribution in [3.63, 3.8) is 0 Å². The number of rotatable bonds is 10. The number of thiazole rings is 1. The molecule has 0 saturated heterocycles. The summed E-state index contributed by atoms with van der Waals surface area (Å²) >= 11 is 1.56. The van der Waals surface area contributed by atoms with E-state index >= 15 is 0 Å². The Morgan fingerprint density at radius 3 is 2.71 bits per heavy atom. The van der Waals surface area contributed by atoms with Crippen molar-refractivity contribution < 1.29 is 22.7 Å². The number of ether oxygens (including phenoxy) is 2. The first-order chi connectivity index (χ1) is 16.3. The smallest absolute Gasteiger partial charge is 0.248 e. The van der Waals surface area contributed by atoms with E-state index in [4.69, 9.17) is 9.47 Å². The molecule has 1 aliphatic carbocycles. The highest BCUT2D eigenvalue weighted by atomic mass is 32.2. The molecule has 4 rings (SSSR count). The third-order valence-electron chi connectivity index (χ3n) is 5.01. The molecular weight excluding hydrogens is 474 g/mol. The van der Waals surface area contributed by atoms with Crippen LogP contribution >= 0.6 is 11.3 Å². The molecular formula is C24H25N3O5S2. The predicted molar refractivity (Wildman–Crippen MR) is 132 cm³/mol. The van der Waals surface area contributed by atoms with E-state index in [0.717, 1.165) is 29.1 Å². The Hall–Kier alpha value is -3.21. The van der Waals surface area contributed by atoms with Gasteiger partial charge in [-0.05, 0) is 50.1 Å². The van der Waals surface area contributed by atoms with E-state index in [1.807, 2.05) is 36.6 Å². The Balaban J connectivity index is 1.46. The second-order valence-electron chi connectivity index (χ2n) is 7.76. The number of methoxy groups -OCH3 is 1. The molecule has 3 aromatic rings. The van der Waals surface area contributed by atoms with Crippen molar-refractivity contribution in [2.24, 2.45) is 0 Å². The van der Waals surface area contributed by atoms with Gasteiger partial charge in [-0.15, -0.1) is 11.3 Å². The zero-order chi connectivity index (χ0) is 24.1. The van der Waals surface area contributed by atoms with Gasteiger partial charge in [-0.25, -0.2) is 18.1 Å². The first kappa shape index (κ1) is 23.9. The number of carbonyl (C=O) groups is 1. The molecule has 8 nitrogen and oxygen atoms in total. The van der Waals surface area contributed by atoms with Gasteiger partial charge in [0.05, 0.1) is 28.4 Å². The van der Waals surface area contributed by atoms with Gasteiger partial charge in [0, 0.05) is 23.1 Å². The molecule has 2 N–H and O–H groups in total. The number of nitrogens with zero attached hydrogens (tertiary/aromatic N) is 1. The summed E-state index contributed by atoms with van der Waals surface area (Å²) in [6, 6.07) is 11.7. The number of aromatic nitrogens is 1. The molecule has 0 aliphatic heterocycles. The van der Waals surface area contributed by atoms with Crippen LogP contribution in [0, 0.1) is 6.92 Å². The molecule has 1 saturated carbocycles. The molecule has 0 unspecified atom stereocenters. The summed E-state index contributed by atoms with van der Waals surface area (Å²) in [4.78, 5) is 17.1. The Morgan fingerprint density at radius 2 is 2.00 bits per heavy atom. The number of anilines is 1. The minimum absolute atomic E-state index is 0.0186. The number of benzene rings is 2. The first-order valence-corrected chi connectivity index (χ1v) is 13.0. The number of hydrogen-bond acceptors (Lipinski definition) is 7. The second-order valence-corrected chi connectivity index (χ2v) is 10.5. The zero-order valence-corrected chi connectivity index (χ0v) is 20.4. The first-order valence-electron chi connectivity index (χ1n) is 10.7. The van der Waals surface area contributed by atoms with Crippen LogP contribution < -0.4 is 19.5 Å². The molecule has 1 fully saturated rings. The lowest BCUT2D eigenvalue weighted by atomic mass is 10.2. The fourth-order valence-electron chi connectivity index (χ4n) is 3.16. The summed E-state index contributed by atoms with van der Waals surface area (Å²) in [5.41, 5.74) is 1.83. The van der Waals surface area contributed by atoms with E-state index < -0.39 is 15.9 Å². The van der Waals surface area contributed by atoms with Gasteiger partial charge in [0.2, 0.25) is 15.9 Å². The molecule has 0 spiro atoms. The minimum Gasteiger partial charge on any atom is -0.495 e. The summed E-state index contributed by atoms with van der Waals surface area (Å²) in [6.45, 7) is 2.27. The molecule has 0 radical (unpaired) electrons. The van der Waals surface area contributed by atoms with Gasteiger partial charge < -0.3 is 14.8 Å². The summed E-state index contributed by atoms with van der Waals surface area (Å²) in [5, 5.41) is 5.62. The van der Waals surface area contributed by atoms with Crippen LogP contribution in [0.15, 0.2) is 58.8 Å². The molecule has 1 heterocycles. The third-order valence-corrected chi connectivity index (χ3v) is 7.35. The monoisotopic (exact) mass is 499 g/mol. The Labute approximate surface area is 202 Å². The van der Waals surface area contributed by atoms with E-state index in [9.17, 15) is 13.2 Å². The minimum atomic E-state index is -3.66. The number of amides is 1. The van der Waals surface area contributed by atoms with Gasteiger partial charge in [-0.3, -0.25) is 4.79 Å². The average molecular weight is 500 g/mol. The van der Waals surface area contributed by atoms with Crippen LogP contribution in [0.25, 0.3) is 6.08 Å². The largest absolute Gasteiger partial charge is 0.495 e. The van der Waals surface area contributed by atoms with E-state index in [1.165, 1.54) is 31.4 Å². The van der Waals surface area contributed by atoms with Gasteiger partial charge in [0.25, 0.3) is 0 Å². The number of sulfonamides is 1. The van der Waals surface area contributed by atoms with Crippen LogP contribution in [0.4, 0.5) is 5.69 Å².